The number of carbonyl (C=O) groups excluding carboxylic acids is 1. The summed E-state index contributed by atoms with van der Waals surface area (Å²) in [5.41, 5.74) is -0.759. The molecule has 0 aliphatic carbocycles. The number of hydrogen-bond donors (Lipinski definition) is 2. The smallest absolute Gasteiger partial charge is 0.326 e. The number of aliphatic carboxylic acids is 1. The quantitative estimate of drug-likeness (QED) is 0.730. The first-order valence-electron chi connectivity index (χ1n) is 6.15. The zero-order valence-electron chi connectivity index (χ0n) is 11.4. The molecule has 1 aliphatic heterocycles. The van der Waals surface area contributed by atoms with Gasteiger partial charge in [0.1, 0.15) is 6.04 Å². The van der Waals surface area contributed by atoms with Crippen molar-refractivity contribution in [1.82, 2.24) is 10.2 Å². The largest absolute Gasteiger partial charge is 0.480 e. The molecular formula is C12H22N2O4. The molecule has 1 aliphatic rings. The Balaban J connectivity index is 2.85. The average Bonchev–Trinajstić information content (AvgIpc) is 2.71. The summed E-state index contributed by atoms with van der Waals surface area (Å²) < 4.78 is 5.17. The third-order valence-corrected chi connectivity index (χ3v) is 3.30. The van der Waals surface area contributed by atoms with Gasteiger partial charge < -0.3 is 20.1 Å². The second kappa shape index (κ2) is 5.67. The van der Waals surface area contributed by atoms with Gasteiger partial charge in [-0.25, -0.2) is 4.79 Å². The zero-order chi connectivity index (χ0) is 13.9. The van der Waals surface area contributed by atoms with E-state index in [9.17, 15) is 14.7 Å². The second-order valence-corrected chi connectivity index (χ2v) is 5.06. The Labute approximate surface area is 107 Å². The van der Waals surface area contributed by atoms with Gasteiger partial charge in [0.25, 0.3) is 0 Å². The molecule has 0 aromatic heterocycles. The van der Waals surface area contributed by atoms with Crippen LogP contribution in [-0.2, 0) is 14.3 Å². The van der Waals surface area contributed by atoms with Gasteiger partial charge in [-0.2, -0.15) is 0 Å². The second-order valence-electron chi connectivity index (χ2n) is 5.06. The predicted molar refractivity (Wildman–Crippen MR) is 66.3 cm³/mol. The van der Waals surface area contributed by atoms with E-state index in [1.807, 2.05) is 6.92 Å². The van der Waals surface area contributed by atoms with E-state index in [1.165, 1.54) is 12.0 Å². The van der Waals surface area contributed by atoms with Gasteiger partial charge in [0.2, 0.25) is 5.91 Å². The minimum atomic E-state index is -0.977. The molecule has 0 aromatic carbocycles. The van der Waals surface area contributed by atoms with Crippen LogP contribution in [0.4, 0.5) is 0 Å². The fourth-order valence-corrected chi connectivity index (χ4v) is 2.30. The van der Waals surface area contributed by atoms with Crippen molar-refractivity contribution in [2.24, 2.45) is 0 Å². The number of likely N-dealkylation sites (N-methyl/N-ethyl adjacent to an activating group) is 1. The number of nitrogens with one attached hydrogen (secondary N) is 1. The molecule has 0 radical (unpaired) electrons. The van der Waals surface area contributed by atoms with Gasteiger partial charge in [0, 0.05) is 20.1 Å². The van der Waals surface area contributed by atoms with E-state index < -0.39 is 17.6 Å². The van der Waals surface area contributed by atoms with Crippen LogP contribution in [0.25, 0.3) is 0 Å². The van der Waals surface area contributed by atoms with E-state index in [0.29, 0.717) is 19.5 Å². The molecule has 1 fully saturated rings. The van der Waals surface area contributed by atoms with Crippen LogP contribution in [0.2, 0.25) is 0 Å². The number of likely N-dealkylation sites (tertiary alicyclic amines) is 1. The minimum absolute atomic E-state index is 0.198. The van der Waals surface area contributed by atoms with E-state index in [-0.39, 0.29) is 12.0 Å². The van der Waals surface area contributed by atoms with E-state index >= 15 is 0 Å². The summed E-state index contributed by atoms with van der Waals surface area (Å²) in [5.74, 6) is -1.17. The summed E-state index contributed by atoms with van der Waals surface area (Å²) in [4.78, 5) is 25.0. The maximum atomic E-state index is 12.4. The molecule has 2 atom stereocenters. The van der Waals surface area contributed by atoms with Crippen LogP contribution in [0.1, 0.15) is 27.2 Å². The van der Waals surface area contributed by atoms with Crippen molar-refractivity contribution in [1.29, 1.82) is 0 Å². The summed E-state index contributed by atoms with van der Waals surface area (Å²) in [6, 6.07) is -0.791. The number of carbonyl (C=O) groups is 2. The highest BCUT2D eigenvalue weighted by Gasteiger charge is 2.44. The molecule has 2 unspecified atom stereocenters. The lowest BCUT2D eigenvalue weighted by molar-refractivity contribution is -0.150. The van der Waals surface area contributed by atoms with Crippen LogP contribution < -0.4 is 5.32 Å². The van der Waals surface area contributed by atoms with Crippen LogP contribution in [0.3, 0.4) is 0 Å². The first kappa shape index (κ1) is 14.9. The number of hydrogen-bond acceptors (Lipinski definition) is 4. The van der Waals surface area contributed by atoms with Gasteiger partial charge in [-0.05, 0) is 20.4 Å². The van der Waals surface area contributed by atoms with E-state index in [2.05, 4.69) is 5.32 Å². The highest BCUT2D eigenvalue weighted by Crippen LogP contribution is 2.23. The lowest BCUT2D eigenvalue weighted by Crippen LogP contribution is -2.56. The van der Waals surface area contributed by atoms with Gasteiger partial charge in [0.05, 0.1) is 11.6 Å². The van der Waals surface area contributed by atoms with Crippen molar-refractivity contribution in [3.05, 3.63) is 0 Å². The van der Waals surface area contributed by atoms with Gasteiger partial charge in [0.15, 0.2) is 0 Å². The standard InChI is InChI=1S/C12H22N2O4/c1-5-13-12(2,3)11(17)14-7-8(18-4)6-9(14)10(15)16/h8-9,13H,5-7H2,1-4H3,(H,15,16). The Bertz CT molecular complexity index is 330. The third-order valence-electron chi connectivity index (χ3n) is 3.30. The molecular weight excluding hydrogens is 236 g/mol. The number of methoxy groups -OCH3 is 1. The Kier molecular flexibility index (Phi) is 4.70. The molecule has 1 rings (SSSR count). The van der Waals surface area contributed by atoms with Crippen LogP contribution in [0.15, 0.2) is 0 Å². The van der Waals surface area contributed by atoms with Gasteiger partial charge in [-0.15, -0.1) is 0 Å². The van der Waals surface area contributed by atoms with E-state index in [4.69, 9.17) is 4.74 Å². The maximum Gasteiger partial charge on any atom is 0.326 e. The van der Waals surface area contributed by atoms with Crippen molar-refractivity contribution in [3.8, 4) is 0 Å². The molecule has 0 bridgehead atoms. The monoisotopic (exact) mass is 258 g/mol. The Morgan fingerprint density at radius 1 is 1.50 bits per heavy atom. The van der Waals surface area contributed by atoms with Crippen LogP contribution in [-0.4, -0.2) is 59.8 Å². The lowest BCUT2D eigenvalue weighted by Gasteiger charge is -2.32. The number of ether oxygens (including phenoxy) is 1. The molecule has 104 valence electrons. The Hall–Kier alpha value is -1.14. The molecule has 0 spiro atoms. The minimum Gasteiger partial charge on any atom is -0.480 e. The fraction of sp³-hybridized carbons (Fsp3) is 0.833. The normalized spacial score (nSPS) is 24.3. The molecule has 1 saturated heterocycles. The Morgan fingerprint density at radius 3 is 2.56 bits per heavy atom. The van der Waals surface area contributed by atoms with Gasteiger partial charge in [-0.3, -0.25) is 4.79 Å². The predicted octanol–water partition coefficient (Wildman–Crippen LogP) is 0.0750. The molecule has 0 aromatic rings. The number of carboxylic acids is 1. The van der Waals surface area contributed by atoms with Gasteiger partial charge >= 0.3 is 5.97 Å². The number of rotatable bonds is 5. The van der Waals surface area contributed by atoms with Crippen molar-refractivity contribution in [3.63, 3.8) is 0 Å². The van der Waals surface area contributed by atoms with E-state index in [0.717, 1.165) is 0 Å². The molecule has 6 heteroatoms. The third kappa shape index (κ3) is 3.00. The van der Waals surface area contributed by atoms with Crippen LogP contribution >= 0.6 is 0 Å². The summed E-state index contributed by atoms with van der Waals surface area (Å²) in [7, 11) is 1.53. The van der Waals surface area contributed by atoms with Crippen molar-refractivity contribution < 1.29 is 19.4 Å². The summed E-state index contributed by atoms with van der Waals surface area (Å²) in [5, 5.41) is 12.2. The highest BCUT2D eigenvalue weighted by atomic mass is 16.5. The molecule has 6 nitrogen and oxygen atoms in total. The number of amides is 1. The van der Waals surface area contributed by atoms with Crippen molar-refractivity contribution in [2.45, 2.75) is 44.9 Å². The van der Waals surface area contributed by atoms with E-state index in [1.54, 1.807) is 13.8 Å². The zero-order valence-corrected chi connectivity index (χ0v) is 11.4. The molecule has 1 heterocycles. The number of carboxylic acid groups (broad SMARTS) is 1. The van der Waals surface area contributed by atoms with Crippen molar-refractivity contribution in [2.75, 3.05) is 20.2 Å². The SMILES string of the molecule is CCNC(C)(C)C(=O)N1CC(OC)CC1C(=O)O. The van der Waals surface area contributed by atoms with Crippen molar-refractivity contribution >= 4 is 11.9 Å². The molecule has 2 N–H and O–H groups in total. The fourth-order valence-electron chi connectivity index (χ4n) is 2.30. The van der Waals surface area contributed by atoms with Crippen LogP contribution in [0, 0.1) is 0 Å². The van der Waals surface area contributed by atoms with Gasteiger partial charge in [-0.1, -0.05) is 6.92 Å². The number of nitrogens with zero attached hydrogens (tertiary/aromatic N) is 1. The maximum absolute atomic E-state index is 12.4. The topological polar surface area (TPSA) is 78.9 Å². The molecule has 1 amide bonds. The molecule has 0 saturated carbocycles. The Morgan fingerprint density at radius 2 is 2.11 bits per heavy atom. The first-order valence-corrected chi connectivity index (χ1v) is 6.15. The average molecular weight is 258 g/mol. The first-order chi connectivity index (χ1) is 8.33. The summed E-state index contributed by atoms with van der Waals surface area (Å²) in [6.07, 6.45) is 0.146. The summed E-state index contributed by atoms with van der Waals surface area (Å²) in [6.45, 7) is 6.42. The molecule has 18 heavy (non-hydrogen) atoms. The van der Waals surface area contributed by atoms with Crippen LogP contribution in [0.5, 0.6) is 0 Å². The lowest BCUT2D eigenvalue weighted by atomic mass is 10.0. The highest BCUT2D eigenvalue weighted by molar-refractivity contribution is 5.90. The summed E-state index contributed by atoms with van der Waals surface area (Å²) >= 11 is 0.